The number of aromatic nitrogens is 2. The van der Waals surface area contributed by atoms with E-state index in [1.807, 2.05) is 55.9 Å². The van der Waals surface area contributed by atoms with Gasteiger partial charge in [-0.25, -0.2) is 4.68 Å². The van der Waals surface area contributed by atoms with Crippen molar-refractivity contribution in [3.05, 3.63) is 63.8 Å². The number of ether oxygens (including phenoxy) is 5. The van der Waals surface area contributed by atoms with Crippen LogP contribution in [0.4, 0.5) is 0 Å². The molecule has 1 N–H and O–H groups in total. The molecule has 1 amide bonds. The second kappa shape index (κ2) is 14.6. The molecule has 3 atom stereocenters. The molecule has 0 spiro atoms. The van der Waals surface area contributed by atoms with E-state index in [1.54, 1.807) is 15.7 Å². The van der Waals surface area contributed by atoms with Gasteiger partial charge in [-0.2, -0.15) is 0 Å². The first-order valence-electron chi connectivity index (χ1n) is 13.9. The van der Waals surface area contributed by atoms with Crippen LogP contribution in [0.5, 0.6) is 0 Å². The molecular formula is C29H41N3O8. The van der Waals surface area contributed by atoms with Crippen LogP contribution in [0.15, 0.2) is 47.0 Å². The van der Waals surface area contributed by atoms with Gasteiger partial charge in [0.1, 0.15) is 0 Å². The lowest BCUT2D eigenvalue weighted by Crippen LogP contribution is -2.45. The molecule has 1 fully saturated rings. The highest BCUT2D eigenvalue weighted by Crippen LogP contribution is 2.39. The lowest BCUT2D eigenvalue weighted by atomic mass is 9.81. The first kappa shape index (κ1) is 30.0. The second-order valence-electron chi connectivity index (χ2n) is 9.78. The highest BCUT2D eigenvalue weighted by atomic mass is 16.7. The second-order valence-corrected chi connectivity index (χ2v) is 9.78. The maximum absolute atomic E-state index is 14.0. The van der Waals surface area contributed by atoms with E-state index in [4.69, 9.17) is 28.8 Å². The smallest absolute Gasteiger partial charge is 0.288 e. The topological polar surface area (TPSA) is 114 Å². The van der Waals surface area contributed by atoms with E-state index in [0.29, 0.717) is 64.7 Å². The standard InChI is InChI=1S/C29H41N3O8/c1-4-39-29-23(10-14-36-18-19-38-17-13-33)24(20-25(40-29)27(34)31-11-15-37-16-12-31)26-21(2)30(3)32(28(26)35)22-8-6-5-7-9-22/h5-9,20,23-24,29,33H,4,10-19H2,1-3H3/t23-,24+,29-/m0/s1. The van der Waals surface area contributed by atoms with Crippen LogP contribution in [0.1, 0.15) is 30.5 Å². The van der Waals surface area contributed by atoms with Gasteiger partial charge in [0.25, 0.3) is 11.5 Å². The fraction of sp³-hybridized carbons (Fsp3) is 0.586. The van der Waals surface area contributed by atoms with Crippen LogP contribution in [0.2, 0.25) is 0 Å². The molecule has 220 valence electrons. The van der Waals surface area contributed by atoms with E-state index in [0.717, 1.165) is 11.4 Å². The van der Waals surface area contributed by atoms with Gasteiger partial charge in [-0.3, -0.25) is 14.3 Å². The van der Waals surface area contributed by atoms with E-state index in [-0.39, 0.29) is 36.4 Å². The van der Waals surface area contributed by atoms with E-state index in [2.05, 4.69) is 0 Å². The Labute approximate surface area is 234 Å². The molecule has 1 aromatic heterocycles. The van der Waals surface area contributed by atoms with Gasteiger partial charge in [0.2, 0.25) is 6.29 Å². The van der Waals surface area contributed by atoms with Gasteiger partial charge in [-0.1, -0.05) is 18.2 Å². The monoisotopic (exact) mass is 559 g/mol. The zero-order valence-corrected chi connectivity index (χ0v) is 23.6. The maximum atomic E-state index is 14.0. The molecule has 4 rings (SSSR count). The summed E-state index contributed by atoms with van der Waals surface area (Å²) in [6, 6.07) is 9.49. The minimum Gasteiger partial charge on any atom is -0.459 e. The molecular weight excluding hydrogens is 518 g/mol. The quantitative estimate of drug-likeness (QED) is 0.369. The zero-order valence-electron chi connectivity index (χ0n) is 23.6. The molecule has 0 aliphatic carbocycles. The third kappa shape index (κ3) is 6.84. The molecule has 2 aliphatic rings. The summed E-state index contributed by atoms with van der Waals surface area (Å²) >= 11 is 0. The van der Waals surface area contributed by atoms with Crippen molar-refractivity contribution in [1.82, 2.24) is 14.3 Å². The summed E-state index contributed by atoms with van der Waals surface area (Å²) in [6.07, 6.45) is 1.59. The summed E-state index contributed by atoms with van der Waals surface area (Å²) in [5, 5.41) is 8.88. The predicted octanol–water partition coefficient (Wildman–Crippen LogP) is 1.74. The third-order valence-electron chi connectivity index (χ3n) is 7.36. The Morgan fingerprint density at radius 3 is 2.45 bits per heavy atom. The van der Waals surface area contributed by atoms with Gasteiger partial charge >= 0.3 is 0 Å². The van der Waals surface area contributed by atoms with Crippen molar-refractivity contribution in [2.75, 3.05) is 65.9 Å². The average Bonchev–Trinajstić information content (AvgIpc) is 3.20. The fourth-order valence-electron chi connectivity index (χ4n) is 5.27. The van der Waals surface area contributed by atoms with Crippen LogP contribution in [0, 0.1) is 12.8 Å². The summed E-state index contributed by atoms with van der Waals surface area (Å²) in [5.41, 5.74) is 2.01. The van der Waals surface area contributed by atoms with Crippen molar-refractivity contribution in [2.45, 2.75) is 32.5 Å². The maximum Gasteiger partial charge on any atom is 0.288 e. The number of benzene rings is 1. The summed E-state index contributed by atoms with van der Waals surface area (Å²) in [7, 11) is 1.86. The van der Waals surface area contributed by atoms with Crippen LogP contribution < -0.4 is 5.56 Å². The molecule has 2 aromatic rings. The van der Waals surface area contributed by atoms with Crippen LogP contribution in [0.3, 0.4) is 0 Å². The molecule has 0 radical (unpaired) electrons. The van der Waals surface area contributed by atoms with Crippen LogP contribution in [-0.4, -0.2) is 97.5 Å². The zero-order chi connectivity index (χ0) is 28.5. The highest BCUT2D eigenvalue weighted by molar-refractivity contribution is 5.92. The van der Waals surface area contributed by atoms with Gasteiger partial charge in [0, 0.05) is 56.4 Å². The third-order valence-corrected chi connectivity index (χ3v) is 7.36. The molecule has 3 heterocycles. The SMILES string of the molecule is CCO[C@H]1OC(C(=O)N2CCOCC2)=C[C@@H](c2c(C)n(C)n(-c3ccccc3)c2=O)[C@@H]1CCOCCOCCO. The Balaban J connectivity index is 1.69. The number of aliphatic hydroxyl groups is 1. The lowest BCUT2D eigenvalue weighted by Gasteiger charge is -2.38. The normalized spacial score (nSPS) is 21.2. The van der Waals surface area contributed by atoms with Crippen LogP contribution in [0.25, 0.3) is 5.69 Å². The molecule has 1 aromatic carbocycles. The highest BCUT2D eigenvalue weighted by Gasteiger charge is 2.41. The van der Waals surface area contributed by atoms with Crippen LogP contribution in [-0.2, 0) is 35.5 Å². The number of hydrogen-bond donors (Lipinski definition) is 1. The van der Waals surface area contributed by atoms with E-state index >= 15 is 0 Å². The lowest BCUT2D eigenvalue weighted by molar-refractivity contribution is -0.173. The number of allylic oxidation sites excluding steroid dienone is 1. The van der Waals surface area contributed by atoms with E-state index < -0.39 is 12.2 Å². The van der Waals surface area contributed by atoms with Crippen molar-refractivity contribution >= 4 is 5.91 Å². The van der Waals surface area contributed by atoms with E-state index in [1.165, 1.54) is 0 Å². The summed E-state index contributed by atoms with van der Waals surface area (Å²) in [6.45, 7) is 7.43. The molecule has 0 unspecified atom stereocenters. The molecule has 40 heavy (non-hydrogen) atoms. The van der Waals surface area contributed by atoms with Gasteiger partial charge in [-0.05, 0) is 38.5 Å². The van der Waals surface area contributed by atoms with Crippen molar-refractivity contribution in [1.29, 1.82) is 0 Å². The average molecular weight is 560 g/mol. The van der Waals surface area contributed by atoms with E-state index in [9.17, 15) is 9.59 Å². The molecule has 0 saturated carbocycles. The number of aliphatic hydroxyl groups excluding tert-OH is 1. The molecule has 11 nitrogen and oxygen atoms in total. The fourth-order valence-corrected chi connectivity index (χ4v) is 5.27. The Kier molecular flexibility index (Phi) is 11.0. The number of hydrogen-bond acceptors (Lipinski definition) is 8. The Morgan fingerprint density at radius 1 is 1.07 bits per heavy atom. The predicted molar refractivity (Wildman–Crippen MR) is 147 cm³/mol. The minimum absolute atomic E-state index is 0.0358. The minimum atomic E-state index is -0.738. The van der Waals surface area contributed by atoms with Crippen molar-refractivity contribution < 1.29 is 33.6 Å². The Hall–Kier alpha value is -2.96. The van der Waals surface area contributed by atoms with Crippen LogP contribution >= 0.6 is 0 Å². The summed E-state index contributed by atoms with van der Waals surface area (Å²) in [5.74, 6) is -0.764. The number of morpholine rings is 1. The molecule has 2 aliphatic heterocycles. The van der Waals surface area contributed by atoms with Gasteiger partial charge < -0.3 is 33.7 Å². The first-order valence-corrected chi connectivity index (χ1v) is 13.9. The largest absolute Gasteiger partial charge is 0.459 e. The van der Waals surface area contributed by atoms with Gasteiger partial charge in [0.15, 0.2) is 5.76 Å². The molecule has 0 bridgehead atoms. The number of rotatable bonds is 13. The molecule has 11 heteroatoms. The number of nitrogens with zero attached hydrogens (tertiary/aromatic N) is 3. The Morgan fingerprint density at radius 2 is 1.77 bits per heavy atom. The van der Waals surface area contributed by atoms with Crippen molar-refractivity contribution in [3.63, 3.8) is 0 Å². The summed E-state index contributed by atoms with van der Waals surface area (Å²) in [4.78, 5) is 29.3. The number of para-hydroxylation sites is 1. The molecule has 1 saturated heterocycles. The number of amides is 1. The first-order chi connectivity index (χ1) is 19.5. The van der Waals surface area contributed by atoms with Crippen molar-refractivity contribution in [2.24, 2.45) is 13.0 Å². The number of carbonyl (C=O) groups is 1. The summed E-state index contributed by atoms with van der Waals surface area (Å²) < 4.78 is 32.3. The van der Waals surface area contributed by atoms with Gasteiger partial charge in [-0.15, -0.1) is 0 Å². The number of carbonyl (C=O) groups excluding carboxylic acids is 1. The van der Waals surface area contributed by atoms with Gasteiger partial charge in [0.05, 0.1) is 45.3 Å². The Bertz CT molecular complexity index is 1190. The van der Waals surface area contributed by atoms with Crippen molar-refractivity contribution in [3.8, 4) is 5.69 Å².